The zero-order valence-electron chi connectivity index (χ0n) is 8.17. The molecule has 0 bridgehead atoms. The van der Waals surface area contributed by atoms with Gasteiger partial charge in [-0.25, -0.2) is 4.79 Å². The van der Waals surface area contributed by atoms with Crippen molar-refractivity contribution in [2.75, 3.05) is 11.9 Å². The van der Waals surface area contributed by atoms with Gasteiger partial charge >= 0.3 is 5.97 Å². The molecule has 0 aromatic heterocycles. The first-order chi connectivity index (χ1) is 7.15. The third-order valence-electron chi connectivity index (χ3n) is 1.76. The maximum absolute atomic E-state index is 10.7. The Labute approximate surface area is 96.6 Å². The van der Waals surface area contributed by atoms with E-state index in [-0.39, 0.29) is 5.56 Å². The maximum atomic E-state index is 10.7. The van der Waals surface area contributed by atoms with Gasteiger partial charge in [0.2, 0.25) is 0 Å². The van der Waals surface area contributed by atoms with Gasteiger partial charge < -0.3 is 10.4 Å². The number of hydrogen-bond acceptors (Lipinski definition) is 2. The Morgan fingerprint density at radius 1 is 1.60 bits per heavy atom. The molecule has 0 saturated heterocycles. The highest BCUT2D eigenvalue weighted by molar-refractivity contribution is 9.10. The van der Waals surface area contributed by atoms with Crippen LogP contribution in [0.5, 0.6) is 0 Å². The minimum Gasteiger partial charge on any atom is -0.478 e. The molecule has 0 atom stereocenters. The van der Waals surface area contributed by atoms with E-state index in [0.717, 1.165) is 5.69 Å². The second-order valence-electron chi connectivity index (χ2n) is 2.78. The largest absolute Gasteiger partial charge is 0.478 e. The molecule has 0 aliphatic heterocycles. The van der Waals surface area contributed by atoms with Gasteiger partial charge in [0, 0.05) is 10.2 Å². The van der Waals surface area contributed by atoms with Crippen LogP contribution in [-0.2, 0) is 0 Å². The molecule has 1 rings (SSSR count). The van der Waals surface area contributed by atoms with Crippen molar-refractivity contribution in [2.45, 2.75) is 6.92 Å². The summed E-state index contributed by atoms with van der Waals surface area (Å²) in [5.74, 6) is 4.68. The lowest BCUT2D eigenvalue weighted by molar-refractivity contribution is 0.0696. The predicted octanol–water partition coefficient (Wildman–Crippen LogP) is 2.58. The first-order valence-corrected chi connectivity index (χ1v) is 5.10. The zero-order valence-corrected chi connectivity index (χ0v) is 9.76. The van der Waals surface area contributed by atoms with Crippen LogP contribution in [0.4, 0.5) is 5.69 Å². The highest BCUT2D eigenvalue weighted by atomic mass is 79.9. The van der Waals surface area contributed by atoms with Crippen LogP contribution in [-0.4, -0.2) is 17.6 Å². The topological polar surface area (TPSA) is 49.3 Å². The molecule has 15 heavy (non-hydrogen) atoms. The Hall–Kier alpha value is -1.47. The van der Waals surface area contributed by atoms with E-state index in [1.807, 2.05) is 0 Å². The number of hydrogen-bond donors (Lipinski definition) is 2. The first kappa shape index (κ1) is 11.6. The van der Waals surface area contributed by atoms with E-state index in [2.05, 4.69) is 33.1 Å². The van der Waals surface area contributed by atoms with E-state index in [1.54, 1.807) is 25.1 Å². The standard InChI is InChI=1S/C11H10BrNO2/c1-2-3-6-13-8-4-5-9(11(14)15)10(12)7-8/h4-5,7,13H,6H2,1H3,(H,14,15). The van der Waals surface area contributed by atoms with E-state index >= 15 is 0 Å². The molecule has 2 N–H and O–H groups in total. The SMILES string of the molecule is CC#CCNc1ccc(C(=O)O)c(Br)c1. The fraction of sp³-hybridized carbons (Fsp3) is 0.182. The monoisotopic (exact) mass is 267 g/mol. The number of halogens is 1. The predicted molar refractivity (Wildman–Crippen MR) is 63.0 cm³/mol. The van der Waals surface area contributed by atoms with E-state index in [9.17, 15) is 4.79 Å². The second kappa shape index (κ2) is 5.42. The summed E-state index contributed by atoms with van der Waals surface area (Å²) in [6.45, 7) is 2.32. The van der Waals surface area contributed by atoms with Gasteiger partial charge in [-0.05, 0) is 41.1 Å². The van der Waals surface area contributed by atoms with Gasteiger partial charge in [-0.3, -0.25) is 0 Å². The number of carboxylic acids is 1. The summed E-state index contributed by atoms with van der Waals surface area (Å²) in [6, 6.07) is 4.99. The van der Waals surface area contributed by atoms with Gasteiger partial charge in [-0.2, -0.15) is 0 Å². The summed E-state index contributed by atoms with van der Waals surface area (Å²) in [6.07, 6.45) is 0. The van der Waals surface area contributed by atoms with Crippen molar-refractivity contribution in [3.63, 3.8) is 0 Å². The van der Waals surface area contributed by atoms with Crippen molar-refractivity contribution in [1.82, 2.24) is 0 Å². The van der Waals surface area contributed by atoms with Crippen molar-refractivity contribution >= 4 is 27.6 Å². The quantitative estimate of drug-likeness (QED) is 0.828. The number of carboxylic acid groups (broad SMARTS) is 1. The highest BCUT2D eigenvalue weighted by Gasteiger charge is 2.07. The van der Waals surface area contributed by atoms with Gasteiger partial charge in [0.25, 0.3) is 0 Å². The Bertz CT molecular complexity index is 432. The number of carbonyl (C=O) groups is 1. The van der Waals surface area contributed by atoms with Crippen molar-refractivity contribution in [3.8, 4) is 11.8 Å². The molecule has 1 aromatic carbocycles. The highest BCUT2D eigenvalue weighted by Crippen LogP contribution is 2.21. The molecule has 4 heteroatoms. The summed E-state index contributed by atoms with van der Waals surface area (Å²) in [7, 11) is 0. The van der Waals surface area contributed by atoms with Crippen LogP contribution in [0.15, 0.2) is 22.7 Å². The molecule has 1 aromatic rings. The van der Waals surface area contributed by atoms with Crippen LogP contribution in [0.3, 0.4) is 0 Å². The average molecular weight is 268 g/mol. The Balaban J connectivity index is 2.80. The molecule has 0 heterocycles. The lowest BCUT2D eigenvalue weighted by Gasteiger charge is -2.04. The minimum absolute atomic E-state index is 0.252. The Morgan fingerprint density at radius 3 is 2.87 bits per heavy atom. The molecule has 78 valence electrons. The molecule has 0 aliphatic rings. The van der Waals surface area contributed by atoms with Crippen LogP contribution in [0.1, 0.15) is 17.3 Å². The third-order valence-corrected chi connectivity index (χ3v) is 2.41. The van der Waals surface area contributed by atoms with E-state index in [1.165, 1.54) is 0 Å². The van der Waals surface area contributed by atoms with E-state index < -0.39 is 5.97 Å². The normalized spacial score (nSPS) is 8.93. The fourth-order valence-electron chi connectivity index (χ4n) is 1.03. The molecule has 3 nitrogen and oxygen atoms in total. The number of rotatable bonds is 3. The van der Waals surface area contributed by atoms with Crippen molar-refractivity contribution < 1.29 is 9.90 Å². The molecule has 0 amide bonds. The Kier molecular flexibility index (Phi) is 4.19. The van der Waals surface area contributed by atoms with Crippen LogP contribution >= 0.6 is 15.9 Å². The molecule has 0 spiro atoms. The molecule has 0 radical (unpaired) electrons. The molecule has 0 fully saturated rings. The third kappa shape index (κ3) is 3.30. The van der Waals surface area contributed by atoms with Gasteiger partial charge in [0.15, 0.2) is 0 Å². The van der Waals surface area contributed by atoms with Crippen LogP contribution in [0.2, 0.25) is 0 Å². The molecule has 0 unspecified atom stereocenters. The smallest absolute Gasteiger partial charge is 0.336 e. The zero-order chi connectivity index (χ0) is 11.3. The average Bonchev–Trinajstić information content (AvgIpc) is 2.17. The van der Waals surface area contributed by atoms with Crippen molar-refractivity contribution in [1.29, 1.82) is 0 Å². The maximum Gasteiger partial charge on any atom is 0.336 e. The van der Waals surface area contributed by atoms with Gasteiger partial charge in [-0.15, -0.1) is 5.92 Å². The fourth-order valence-corrected chi connectivity index (χ4v) is 1.58. The lowest BCUT2D eigenvalue weighted by Crippen LogP contribution is -2.01. The first-order valence-electron chi connectivity index (χ1n) is 4.31. The molecular formula is C11H10BrNO2. The summed E-state index contributed by atoms with van der Waals surface area (Å²) < 4.78 is 0.560. The van der Waals surface area contributed by atoms with E-state index in [0.29, 0.717) is 11.0 Å². The van der Waals surface area contributed by atoms with Crippen molar-refractivity contribution in [2.24, 2.45) is 0 Å². The number of anilines is 1. The van der Waals surface area contributed by atoms with Crippen LogP contribution in [0, 0.1) is 11.8 Å². The Morgan fingerprint density at radius 2 is 2.33 bits per heavy atom. The molecular weight excluding hydrogens is 258 g/mol. The van der Waals surface area contributed by atoms with Crippen LogP contribution < -0.4 is 5.32 Å². The van der Waals surface area contributed by atoms with Gasteiger partial charge in [0.05, 0.1) is 12.1 Å². The number of benzene rings is 1. The summed E-state index contributed by atoms with van der Waals surface area (Å²) in [5.41, 5.74) is 1.09. The number of nitrogens with one attached hydrogen (secondary N) is 1. The van der Waals surface area contributed by atoms with Gasteiger partial charge in [-0.1, -0.05) is 5.92 Å². The molecule has 0 saturated carbocycles. The second-order valence-corrected chi connectivity index (χ2v) is 3.63. The van der Waals surface area contributed by atoms with Gasteiger partial charge in [0.1, 0.15) is 0 Å². The summed E-state index contributed by atoms with van der Waals surface area (Å²) >= 11 is 3.20. The number of aromatic carboxylic acids is 1. The lowest BCUT2D eigenvalue weighted by atomic mass is 10.2. The van der Waals surface area contributed by atoms with Crippen molar-refractivity contribution in [3.05, 3.63) is 28.2 Å². The summed E-state index contributed by atoms with van der Waals surface area (Å²) in [4.78, 5) is 10.7. The molecule has 0 aliphatic carbocycles. The minimum atomic E-state index is -0.943. The van der Waals surface area contributed by atoms with E-state index in [4.69, 9.17) is 5.11 Å². The van der Waals surface area contributed by atoms with Crippen LogP contribution in [0.25, 0.3) is 0 Å². The summed E-state index contributed by atoms with van der Waals surface area (Å²) in [5, 5.41) is 11.9.